The molecule has 5 heteroatoms. The van der Waals surface area contributed by atoms with Crippen LogP contribution in [0.25, 0.3) is 0 Å². The van der Waals surface area contributed by atoms with Crippen molar-refractivity contribution in [2.75, 3.05) is 13.2 Å². The summed E-state index contributed by atoms with van der Waals surface area (Å²) < 4.78 is 9.24. The first-order chi connectivity index (χ1) is 7.25. The molecule has 0 fully saturated rings. The minimum Gasteiger partial charge on any atom is -0.465 e. The van der Waals surface area contributed by atoms with Crippen LogP contribution in [0.15, 0.2) is 0 Å². The molecule has 0 bridgehead atoms. The average molecular weight is 295 g/mol. The molecule has 0 spiro atoms. The molecule has 0 aromatic heterocycles. The number of esters is 2. The number of halogens is 1. The minimum atomic E-state index is -0.665. The average Bonchev–Trinajstić information content (AvgIpc) is 2.14. The van der Waals surface area contributed by atoms with Crippen molar-refractivity contribution in [1.82, 2.24) is 0 Å². The molecule has 0 aliphatic carbocycles. The Bertz CT molecular complexity index is 243. The van der Waals surface area contributed by atoms with Gasteiger partial charge in [-0.05, 0) is 13.8 Å². The van der Waals surface area contributed by atoms with Gasteiger partial charge in [-0.25, -0.2) is 0 Å². The fourth-order valence-corrected chi connectivity index (χ4v) is 0.849. The molecule has 0 aliphatic rings. The van der Waals surface area contributed by atoms with E-state index in [1.807, 2.05) is 0 Å². The number of carbonyl (C=O) groups excluding carboxylic acids is 2. The van der Waals surface area contributed by atoms with Crippen molar-refractivity contribution in [1.29, 1.82) is 0 Å². The van der Waals surface area contributed by atoms with Gasteiger partial charge in [0.2, 0.25) is 0 Å². The third kappa shape index (κ3) is 6.82. The smallest absolute Gasteiger partial charge is 0.322 e. The number of rotatable bonds is 6. The highest BCUT2D eigenvalue weighted by molar-refractivity contribution is 9.10. The fourth-order valence-electron chi connectivity index (χ4n) is 0.735. The SMILES string of the molecule is CC(C)C(=O)OCCCOC(=O)C(C)(C)Br. The first kappa shape index (κ1) is 15.4. The molecule has 0 aromatic carbocycles. The molecule has 0 amide bonds. The summed E-state index contributed by atoms with van der Waals surface area (Å²) in [4.78, 5) is 22.4. The van der Waals surface area contributed by atoms with Gasteiger partial charge in [-0.3, -0.25) is 9.59 Å². The Balaban J connectivity index is 3.56. The van der Waals surface area contributed by atoms with Gasteiger partial charge in [-0.2, -0.15) is 0 Å². The Morgan fingerprint density at radius 1 is 1.19 bits per heavy atom. The van der Waals surface area contributed by atoms with E-state index in [-0.39, 0.29) is 31.1 Å². The molecule has 0 heterocycles. The lowest BCUT2D eigenvalue weighted by molar-refractivity contribution is -0.149. The maximum Gasteiger partial charge on any atom is 0.322 e. The summed E-state index contributed by atoms with van der Waals surface area (Å²) in [6, 6.07) is 0. The van der Waals surface area contributed by atoms with E-state index in [0.29, 0.717) is 6.42 Å². The monoisotopic (exact) mass is 294 g/mol. The fraction of sp³-hybridized carbons (Fsp3) is 0.818. The summed E-state index contributed by atoms with van der Waals surface area (Å²) in [6.45, 7) is 7.53. The van der Waals surface area contributed by atoms with Gasteiger partial charge in [0.15, 0.2) is 0 Å². The van der Waals surface area contributed by atoms with E-state index < -0.39 is 4.32 Å². The highest BCUT2D eigenvalue weighted by atomic mass is 79.9. The summed E-state index contributed by atoms with van der Waals surface area (Å²) in [7, 11) is 0. The van der Waals surface area contributed by atoms with Crippen molar-refractivity contribution in [2.24, 2.45) is 5.92 Å². The molecule has 0 atom stereocenters. The Hall–Kier alpha value is -0.580. The maximum atomic E-state index is 11.3. The first-order valence-corrected chi connectivity index (χ1v) is 6.07. The van der Waals surface area contributed by atoms with Crippen LogP contribution in [-0.2, 0) is 19.1 Å². The van der Waals surface area contributed by atoms with Gasteiger partial charge in [0.1, 0.15) is 4.32 Å². The third-order valence-corrected chi connectivity index (χ3v) is 2.05. The van der Waals surface area contributed by atoms with E-state index in [2.05, 4.69) is 15.9 Å². The number of alkyl halides is 1. The van der Waals surface area contributed by atoms with Crippen LogP contribution in [-0.4, -0.2) is 29.5 Å². The summed E-state index contributed by atoms with van der Waals surface area (Å²) in [5.41, 5.74) is 0. The normalized spacial score (nSPS) is 11.4. The highest BCUT2D eigenvalue weighted by Crippen LogP contribution is 2.17. The van der Waals surface area contributed by atoms with E-state index in [1.54, 1.807) is 27.7 Å². The standard InChI is InChI=1S/C11H19BrO4/c1-8(2)9(13)15-6-5-7-16-10(14)11(3,4)12/h8H,5-7H2,1-4H3. The van der Waals surface area contributed by atoms with Gasteiger partial charge in [0.25, 0.3) is 0 Å². The van der Waals surface area contributed by atoms with Gasteiger partial charge in [-0.1, -0.05) is 29.8 Å². The van der Waals surface area contributed by atoms with E-state index in [1.165, 1.54) is 0 Å². The number of hydrogen-bond acceptors (Lipinski definition) is 4. The molecule has 16 heavy (non-hydrogen) atoms. The van der Waals surface area contributed by atoms with Crippen LogP contribution >= 0.6 is 15.9 Å². The zero-order chi connectivity index (χ0) is 12.8. The second kappa shape index (κ2) is 6.89. The van der Waals surface area contributed by atoms with Crippen molar-refractivity contribution < 1.29 is 19.1 Å². The van der Waals surface area contributed by atoms with Crippen LogP contribution < -0.4 is 0 Å². The van der Waals surface area contributed by atoms with Crippen LogP contribution in [0, 0.1) is 5.92 Å². The lowest BCUT2D eigenvalue weighted by Gasteiger charge is -2.14. The summed E-state index contributed by atoms with van der Waals surface area (Å²) in [5.74, 6) is -0.668. The molecular weight excluding hydrogens is 276 g/mol. The summed E-state index contributed by atoms with van der Waals surface area (Å²) in [6.07, 6.45) is 0.521. The lowest BCUT2D eigenvalue weighted by atomic mass is 10.2. The van der Waals surface area contributed by atoms with Crippen molar-refractivity contribution >= 4 is 27.9 Å². The second-order valence-electron chi connectivity index (χ2n) is 4.28. The maximum absolute atomic E-state index is 11.3. The predicted molar refractivity (Wildman–Crippen MR) is 64.4 cm³/mol. The molecule has 94 valence electrons. The van der Waals surface area contributed by atoms with Gasteiger partial charge in [-0.15, -0.1) is 0 Å². The minimum absolute atomic E-state index is 0.121. The molecule has 0 N–H and O–H groups in total. The van der Waals surface area contributed by atoms with E-state index in [0.717, 1.165) is 0 Å². The van der Waals surface area contributed by atoms with Crippen LogP contribution in [0.2, 0.25) is 0 Å². The molecule has 0 radical (unpaired) electrons. The molecular formula is C11H19BrO4. The van der Waals surface area contributed by atoms with Crippen molar-refractivity contribution in [3.8, 4) is 0 Å². The van der Waals surface area contributed by atoms with Crippen molar-refractivity contribution in [3.63, 3.8) is 0 Å². The van der Waals surface area contributed by atoms with Crippen molar-refractivity contribution in [3.05, 3.63) is 0 Å². The third-order valence-electron chi connectivity index (χ3n) is 1.72. The van der Waals surface area contributed by atoms with Gasteiger partial charge in [0.05, 0.1) is 19.1 Å². The Labute approximate surface area is 105 Å². The molecule has 0 aromatic rings. The predicted octanol–water partition coefficient (Wildman–Crippen LogP) is 2.29. The molecule has 0 aliphatic heterocycles. The Morgan fingerprint density at radius 2 is 1.69 bits per heavy atom. The number of hydrogen-bond donors (Lipinski definition) is 0. The van der Waals surface area contributed by atoms with E-state index in [9.17, 15) is 9.59 Å². The van der Waals surface area contributed by atoms with Crippen molar-refractivity contribution in [2.45, 2.75) is 38.4 Å². The quantitative estimate of drug-likeness (QED) is 0.428. The molecule has 0 saturated heterocycles. The van der Waals surface area contributed by atoms with E-state index in [4.69, 9.17) is 9.47 Å². The van der Waals surface area contributed by atoms with Gasteiger partial charge < -0.3 is 9.47 Å². The van der Waals surface area contributed by atoms with Crippen LogP contribution in [0.3, 0.4) is 0 Å². The Kier molecular flexibility index (Phi) is 6.64. The number of carbonyl (C=O) groups is 2. The van der Waals surface area contributed by atoms with Gasteiger partial charge in [0, 0.05) is 6.42 Å². The highest BCUT2D eigenvalue weighted by Gasteiger charge is 2.25. The number of ether oxygens (including phenoxy) is 2. The summed E-state index contributed by atoms with van der Waals surface area (Å²) >= 11 is 3.20. The van der Waals surface area contributed by atoms with Gasteiger partial charge >= 0.3 is 11.9 Å². The topological polar surface area (TPSA) is 52.6 Å². The molecule has 0 rings (SSSR count). The first-order valence-electron chi connectivity index (χ1n) is 5.28. The largest absolute Gasteiger partial charge is 0.465 e. The molecule has 0 saturated carbocycles. The zero-order valence-electron chi connectivity index (χ0n) is 10.2. The van der Waals surface area contributed by atoms with Crippen LogP contribution in [0.4, 0.5) is 0 Å². The lowest BCUT2D eigenvalue weighted by Crippen LogP contribution is -2.27. The van der Waals surface area contributed by atoms with Crippen LogP contribution in [0.1, 0.15) is 34.1 Å². The van der Waals surface area contributed by atoms with E-state index >= 15 is 0 Å². The summed E-state index contributed by atoms with van der Waals surface area (Å²) in [5, 5.41) is 0. The molecule has 4 nitrogen and oxygen atoms in total. The second-order valence-corrected chi connectivity index (χ2v) is 6.27. The van der Waals surface area contributed by atoms with Crippen LogP contribution in [0.5, 0.6) is 0 Å². The molecule has 0 unspecified atom stereocenters. The zero-order valence-corrected chi connectivity index (χ0v) is 11.8. The Morgan fingerprint density at radius 3 is 2.12 bits per heavy atom.